The molecule has 2 amide bonds. The van der Waals surface area contributed by atoms with E-state index in [0.717, 1.165) is 11.3 Å². The van der Waals surface area contributed by atoms with Crippen molar-refractivity contribution in [2.45, 2.75) is 6.92 Å². The number of halogens is 1. The van der Waals surface area contributed by atoms with E-state index in [9.17, 15) is 9.59 Å². The highest BCUT2D eigenvalue weighted by atomic mass is 35.5. The third-order valence-corrected chi connectivity index (χ3v) is 4.94. The largest absolute Gasteiger partial charge is 0.465 e. The Morgan fingerprint density at radius 2 is 1.78 bits per heavy atom. The third-order valence-electron chi connectivity index (χ3n) is 4.64. The van der Waals surface area contributed by atoms with E-state index >= 15 is 0 Å². The molecule has 1 fully saturated rings. The van der Waals surface area contributed by atoms with Crippen molar-refractivity contribution in [1.82, 2.24) is 14.8 Å². The van der Waals surface area contributed by atoms with Crippen LogP contribution < -0.4 is 4.90 Å². The van der Waals surface area contributed by atoms with Gasteiger partial charge < -0.3 is 19.8 Å². The Hall–Kier alpha value is -2.80. The highest BCUT2D eigenvalue weighted by Gasteiger charge is 2.25. The second-order valence-corrected chi connectivity index (χ2v) is 6.89. The molecule has 8 heteroatoms. The van der Waals surface area contributed by atoms with Crippen LogP contribution in [0.2, 0.25) is 5.02 Å². The summed E-state index contributed by atoms with van der Waals surface area (Å²) in [6, 6.07) is 9.15. The van der Waals surface area contributed by atoms with Crippen LogP contribution in [0.15, 0.2) is 36.5 Å². The minimum atomic E-state index is -0.954. The molecule has 0 spiro atoms. The zero-order valence-electron chi connectivity index (χ0n) is 15.2. The van der Waals surface area contributed by atoms with Crippen LogP contribution in [0.5, 0.6) is 0 Å². The maximum Gasteiger partial charge on any atom is 0.407 e. The summed E-state index contributed by atoms with van der Waals surface area (Å²) in [5.74, 6) is 0.475. The first kappa shape index (κ1) is 19.0. The van der Waals surface area contributed by atoms with Crippen molar-refractivity contribution in [2.75, 3.05) is 38.1 Å². The summed E-state index contributed by atoms with van der Waals surface area (Å²) in [4.78, 5) is 33.0. The molecule has 0 atom stereocenters. The molecule has 1 aliphatic heterocycles. The summed E-state index contributed by atoms with van der Waals surface area (Å²) < 4.78 is 0. The second kappa shape index (κ2) is 7.84. The average molecular weight is 389 g/mol. The molecule has 1 aromatic heterocycles. The lowest BCUT2D eigenvalue weighted by atomic mass is 10.2. The molecule has 0 radical (unpaired) electrons. The van der Waals surface area contributed by atoms with Gasteiger partial charge in [0.2, 0.25) is 0 Å². The van der Waals surface area contributed by atoms with E-state index in [1.54, 1.807) is 23.2 Å². The van der Waals surface area contributed by atoms with Crippen molar-refractivity contribution in [3.8, 4) is 0 Å². The van der Waals surface area contributed by atoms with Gasteiger partial charge in [-0.2, -0.15) is 0 Å². The summed E-state index contributed by atoms with van der Waals surface area (Å²) in [5, 5.41) is 9.64. The summed E-state index contributed by atoms with van der Waals surface area (Å²) in [7, 11) is 1.85. The Balaban J connectivity index is 1.77. The number of aryl methyl sites for hydroxylation is 1. The van der Waals surface area contributed by atoms with Crippen LogP contribution in [0.3, 0.4) is 0 Å². The minimum Gasteiger partial charge on any atom is -0.465 e. The van der Waals surface area contributed by atoms with E-state index in [4.69, 9.17) is 16.7 Å². The fourth-order valence-corrected chi connectivity index (χ4v) is 3.39. The zero-order valence-corrected chi connectivity index (χ0v) is 16.0. The zero-order chi connectivity index (χ0) is 19.6. The fourth-order valence-electron chi connectivity index (χ4n) is 3.03. The smallest absolute Gasteiger partial charge is 0.407 e. The van der Waals surface area contributed by atoms with Crippen LogP contribution in [-0.2, 0) is 0 Å². The standard InChI is InChI=1S/C19H21ClN4O3/c1-13-3-4-16(15(20)11-13)22(2)17-12-14(5-6-21-17)18(25)23-7-9-24(10-8-23)19(26)27/h3-6,11-12H,7-10H2,1-2H3,(H,26,27). The molecule has 0 unspecified atom stereocenters. The summed E-state index contributed by atoms with van der Waals surface area (Å²) >= 11 is 6.34. The number of hydrogen-bond acceptors (Lipinski definition) is 4. The minimum absolute atomic E-state index is 0.132. The Bertz CT molecular complexity index is 866. The fraction of sp³-hybridized carbons (Fsp3) is 0.316. The first-order valence-electron chi connectivity index (χ1n) is 8.60. The SMILES string of the molecule is Cc1ccc(N(C)c2cc(C(=O)N3CCN(C(=O)O)CC3)ccn2)c(Cl)c1. The van der Waals surface area contributed by atoms with Crippen molar-refractivity contribution in [3.63, 3.8) is 0 Å². The predicted octanol–water partition coefficient (Wildman–Crippen LogP) is 3.25. The van der Waals surface area contributed by atoms with Gasteiger partial charge in [0.25, 0.3) is 5.91 Å². The predicted molar refractivity (Wildman–Crippen MR) is 104 cm³/mol. The van der Waals surface area contributed by atoms with Gasteiger partial charge in [-0.3, -0.25) is 4.79 Å². The Labute approximate surface area is 162 Å². The van der Waals surface area contributed by atoms with Gasteiger partial charge in [0.1, 0.15) is 5.82 Å². The maximum atomic E-state index is 12.8. The van der Waals surface area contributed by atoms with Gasteiger partial charge in [-0.05, 0) is 36.8 Å². The lowest BCUT2D eigenvalue weighted by molar-refractivity contribution is 0.0625. The molecule has 2 aromatic rings. The quantitative estimate of drug-likeness (QED) is 0.873. The molecular weight excluding hydrogens is 368 g/mol. The first-order chi connectivity index (χ1) is 12.9. The second-order valence-electron chi connectivity index (χ2n) is 6.48. The van der Waals surface area contributed by atoms with Gasteiger partial charge in [-0.25, -0.2) is 9.78 Å². The van der Waals surface area contributed by atoms with Crippen LogP contribution >= 0.6 is 11.6 Å². The van der Waals surface area contributed by atoms with Crippen LogP contribution in [0.4, 0.5) is 16.3 Å². The number of piperazine rings is 1. The van der Waals surface area contributed by atoms with E-state index in [1.165, 1.54) is 4.90 Å². The van der Waals surface area contributed by atoms with Crippen molar-refractivity contribution in [1.29, 1.82) is 0 Å². The number of nitrogens with zero attached hydrogens (tertiary/aromatic N) is 4. The van der Waals surface area contributed by atoms with Crippen LogP contribution in [0.1, 0.15) is 15.9 Å². The average Bonchev–Trinajstić information content (AvgIpc) is 2.67. The number of hydrogen-bond donors (Lipinski definition) is 1. The number of aromatic nitrogens is 1. The van der Waals surface area contributed by atoms with Crippen molar-refractivity contribution in [3.05, 3.63) is 52.7 Å². The number of anilines is 2. The van der Waals surface area contributed by atoms with E-state index in [-0.39, 0.29) is 5.91 Å². The molecule has 0 saturated carbocycles. The van der Waals surface area contributed by atoms with Gasteiger partial charge in [0.15, 0.2) is 0 Å². The van der Waals surface area contributed by atoms with Gasteiger partial charge in [0.05, 0.1) is 10.7 Å². The molecule has 2 heterocycles. The molecule has 1 aliphatic rings. The van der Waals surface area contributed by atoms with Crippen molar-refractivity contribution in [2.24, 2.45) is 0 Å². The van der Waals surface area contributed by atoms with Gasteiger partial charge in [-0.15, -0.1) is 0 Å². The third kappa shape index (κ3) is 4.14. The van der Waals surface area contributed by atoms with E-state index in [1.807, 2.05) is 37.1 Å². The Morgan fingerprint density at radius 3 is 2.41 bits per heavy atom. The molecule has 1 N–H and O–H groups in total. The summed E-state index contributed by atoms with van der Waals surface area (Å²) in [6.45, 7) is 3.36. The molecule has 27 heavy (non-hydrogen) atoms. The monoisotopic (exact) mass is 388 g/mol. The number of benzene rings is 1. The van der Waals surface area contributed by atoms with Crippen molar-refractivity contribution >= 4 is 35.1 Å². The lowest BCUT2D eigenvalue weighted by Gasteiger charge is -2.33. The lowest BCUT2D eigenvalue weighted by Crippen LogP contribution is -2.50. The normalized spacial score (nSPS) is 14.2. The highest BCUT2D eigenvalue weighted by Crippen LogP contribution is 2.30. The summed E-state index contributed by atoms with van der Waals surface area (Å²) in [5.41, 5.74) is 2.38. The number of carbonyl (C=O) groups is 2. The Kier molecular flexibility index (Phi) is 5.51. The number of amides is 2. The molecule has 1 saturated heterocycles. The number of carboxylic acid groups (broad SMARTS) is 1. The summed E-state index contributed by atoms with van der Waals surface area (Å²) in [6.07, 6.45) is 0.638. The molecular formula is C19H21ClN4O3. The van der Waals surface area contributed by atoms with Crippen LogP contribution in [0, 0.1) is 6.92 Å². The van der Waals surface area contributed by atoms with Crippen LogP contribution in [0.25, 0.3) is 0 Å². The Morgan fingerprint density at radius 1 is 1.11 bits per heavy atom. The highest BCUT2D eigenvalue weighted by molar-refractivity contribution is 6.33. The van der Waals surface area contributed by atoms with E-state index in [0.29, 0.717) is 42.6 Å². The maximum absolute atomic E-state index is 12.8. The van der Waals surface area contributed by atoms with Gasteiger partial charge in [0, 0.05) is 45.0 Å². The van der Waals surface area contributed by atoms with E-state index in [2.05, 4.69) is 4.98 Å². The van der Waals surface area contributed by atoms with Crippen molar-refractivity contribution < 1.29 is 14.7 Å². The molecule has 7 nitrogen and oxygen atoms in total. The molecule has 3 rings (SSSR count). The first-order valence-corrected chi connectivity index (χ1v) is 8.97. The number of carbonyl (C=O) groups excluding carboxylic acids is 1. The number of pyridine rings is 1. The van der Waals surface area contributed by atoms with Gasteiger partial charge in [-0.1, -0.05) is 17.7 Å². The topological polar surface area (TPSA) is 77.0 Å². The van der Waals surface area contributed by atoms with Gasteiger partial charge >= 0.3 is 6.09 Å². The molecule has 142 valence electrons. The molecule has 0 bridgehead atoms. The molecule has 1 aromatic carbocycles. The van der Waals surface area contributed by atoms with E-state index < -0.39 is 6.09 Å². The number of rotatable bonds is 3. The molecule has 0 aliphatic carbocycles. The van der Waals surface area contributed by atoms with Crippen LogP contribution in [-0.4, -0.2) is 65.1 Å².